The average molecular weight is 189 g/mol. The number of hydrogen-bond donors (Lipinski definition) is 1. The smallest absolute Gasteiger partial charge is 0.0285 e. The Kier molecular flexibility index (Phi) is 1.49. The van der Waals surface area contributed by atoms with Crippen molar-refractivity contribution in [3.63, 3.8) is 0 Å². The van der Waals surface area contributed by atoms with Crippen LogP contribution in [0.5, 0.6) is 0 Å². The summed E-state index contributed by atoms with van der Waals surface area (Å²) in [4.78, 5) is 0. The van der Waals surface area contributed by atoms with Crippen LogP contribution < -0.4 is 5.32 Å². The molecule has 0 radical (unpaired) electrons. The van der Waals surface area contributed by atoms with Gasteiger partial charge in [-0.2, -0.15) is 0 Å². The summed E-state index contributed by atoms with van der Waals surface area (Å²) in [6.45, 7) is 1.30. The monoisotopic (exact) mass is 189 g/mol. The van der Waals surface area contributed by atoms with Crippen molar-refractivity contribution in [3.8, 4) is 0 Å². The lowest BCUT2D eigenvalue weighted by Crippen LogP contribution is -2.52. The van der Waals surface area contributed by atoms with E-state index < -0.39 is 0 Å². The molecule has 1 saturated heterocycles. The van der Waals surface area contributed by atoms with Crippen LogP contribution in [0, 0.1) is 17.8 Å². The molecule has 6 aliphatic rings. The van der Waals surface area contributed by atoms with Crippen molar-refractivity contribution in [2.75, 3.05) is 6.54 Å². The zero-order chi connectivity index (χ0) is 9.12. The van der Waals surface area contributed by atoms with Gasteiger partial charge in [-0.15, -0.1) is 0 Å². The van der Waals surface area contributed by atoms with Gasteiger partial charge in [0, 0.05) is 12.6 Å². The van der Waals surface area contributed by atoms with Crippen LogP contribution in [0.4, 0.5) is 0 Å². The SMILES string of the molecule is C1CC2CCC1C1=C2C2CCC1CN2. The van der Waals surface area contributed by atoms with E-state index in [4.69, 9.17) is 0 Å². The lowest BCUT2D eigenvalue weighted by atomic mass is 9.57. The summed E-state index contributed by atoms with van der Waals surface area (Å²) in [6, 6.07) is 0.808. The van der Waals surface area contributed by atoms with Gasteiger partial charge in [-0.1, -0.05) is 11.1 Å². The van der Waals surface area contributed by atoms with Gasteiger partial charge in [0.2, 0.25) is 0 Å². The first-order valence-electron chi connectivity index (χ1n) is 6.40. The maximum Gasteiger partial charge on any atom is 0.0285 e. The predicted molar refractivity (Wildman–Crippen MR) is 57.0 cm³/mol. The molecule has 2 fully saturated rings. The summed E-state index contributed by atoms with van der Waals surface area (Å²) >= 11 is 0. The zero-order valence-electron chi connectivity index (χ0n) is 8.76. The molecule has 6 rings (SSSR count). The minimum absolute atomic E-state index is 0.808. The van der Waals surface area contributed by atoms with Crippen molar-refractivity contribution < 1.29 is 0 Å². The quantitative estimate of drug-likeness (QED) is 0.577. The maximum absolute atomic E-state index is 3.74. The number of piperidine rings is 1. The normalized spacial score (nSPS) is 49.7. The lowest BCUT2D eigenvalue weighted by Gasteiger charge is -2.52. The van der Waals surface area contributed by atoms with Crippen LogP contribution in [-0.4, -0.2) is 12.6 Å². The Morgan fingerprint density at radius 2 is 1.36 bits per heavy atom. The van der Waals surface area contributed by atoms with Gasteiger partial charge in [0.15, 0.2) is 0 Å². The van der Waals surface area contributed by atoms with Gasteiger partial charge < -0.3 is 5.32 Å². The molecule has 0 aromatic heterocycles. The lowest BCUT2D eigenvalue weighted by molar-refractivity contribution is 0.193. The molecular weight excluding hydrogens is 170 g/mol. The molecule has 1 heteroatoms. The molecule has 1 nitrogen and oxygen atoms in total. The molecule has 0 spiro atoms. The van der Waals surface area contributed by atoms with E-state index >= 15 is 0 Å². The third-order valence-corrected chi connectivity index (χ3v) is 5.17. The first-order valence-corrected chi connectivity index (χ1v) is 6.40. The minimum Gasteiger partial charge on any atom is -0.310 e. The molecule has 0 amide bonds. The molecule has 2 heterocycles. The molecule has 2 atom stereocenters. The highest BCUT2D eigenvalue weighted by molar-refractivity contribution is 5.36. The molecule has 2 unspecified atom stereocenters. The fraction of sp³-hybridized carbons (Fsp3) is 0.846. The van der Waals surface area contributed by atoms with Crippen LogP contribution in [0.15, 0.2) is 11.1 Å². The van der Waals surface area contributed by atoms with E-state index in [9.17, 15) is 0 Å². The van der Waals surface area contributed by atoms with Crippen LogP contribution in [0.3, 0.4) is 0 Å². The Hall–Kier alpha value is -0.300. The van der Waals surface area contributed by atoms with E-state index in [-0.39, 0.29) is 0 Å². The fourth-order valence-corrected chi connectivity index (χ4v) is 4.63. The Morgan fingerprint density at radius 3 is 1.93 bits per heavy atom. The highest BCUT2D eigenvalue weighted by atomic mass is 15.0. The first-order chi connectivity index (χ1) is 6.93. The minimum atomic E-state index is 0.808. The summed E-state index contributed by atoms with van der Waals surface area (Å²) in [5.41, 5.74) is 3.87. The molecule has 76 valence electrons. The van der Waals surface area contributed by atoms with Crippen molar-refractivity contribution in [2.24, 2.45) is 17.8 Å². The van der Waals surface area contributed by atoms with Crippen LogP contribution in [-0.2, 0) is 0 Å². The van der Waals surface area contributed by atoms with E-state index in [0.717, 1.165) is 23.8 Å². The van der Waals surface area contributed by atoms with E-state index in [0.29, 0.717) is 0 Å². The number of fused-ring (bicyclic) bond motifs is 4. The molecule has 1 saturated carbocycles. The average Bonchev–Trinajstić information content (AvgIpc) is 2.32. The van der Waals surface area contributed by atoms with Crippen molar-refractivity contribution in [3.05, 3.63) is 11.1 Å². The number of nitrogens with one attached hydrogen (secondary N) is 1. The molecule has 0 aromatic rings. The summed E-state index contributed by atoms with van der Waals surface area (Å²) in [7, 11) is 0. The Labute approximate surface area is 86.0 Å². The maximum atomic E-state index is 3.74. The summed E-state index contributed by atoms with van der Waals surface area (Å²) < 4.78 is 0. The molecule has 2 aliphatic heterocycles. The van der Waals surface area contributed by atoms with E-state index in [2.05, 4.69) is 5.32 Å². The van der Waals surface area contributed by atoms with Crippen molar-refractivity contribution in [2.45, 2.75) is 44.6 Å². The van der Waals surface area contributed by atoms with Crippen molar-refractivity contribution in [1.29, 1.82) is 0 Å². The molecule has 4 aliphatic carbocycles. The van der Waals surface area contributed by atoms with E-state index in [1.165, 1.54) is 45.1 Å². The molecular formula is C13H19N. The Balaban J connectivity index is 1.88. The standard InChI is InChI=1S/C13H19N/c1-3-9-4-2-8(1)12-10-5-6-11(13(9)12)14-7-10/h8-11,14H,1-7H2. The van der Waals surface area contributed by atoms with Gasteiger partial charge in [-0.05, 0) is 56.3 Å². The van der Waals surface area contributed by atoms with E-state index in [1.54, 1.807) is 0 Å². The summed E-state index contributed by atoms with van der Waals surface area (Å²) in [5.74, 6) is 2.96. The van der Waals surface area contributed by atoms with Crippen LogP contribution in [0.2, 0.25) is 0 Å². The van der Waals surface area contributed by atoms with Gasteiger partial charge in [0.1, 0.15) is 0 Å². The Bertz CT molecular complexity index is 230. The van der Waals surface area contributed by atoms with Gasteiger partial charge in [-0.25, -0.2) is 0 Å². The van der Waals surface area contributed by atoms with Gasteiger partial charge >= 0.3 is 0 Å². The fourth-order valence-electron chi connectivity index (χ4n) is 4.63. The summed E-state index contributed by atoms with van der Waals surface area (Å²) in [6.07, 6.45) is 8.98. The molecule has 0 aromatic carbocycles. The first kappa shape index (κ1) is 7.92. The molecule has 4 bridgehead atoms. The predicted octanol–water partition coefficient (Wildman–Crippen LogP) is 2.48. The van der Waals surface area contributed by atoms with Gasteiger partial charge in [-0.3, -0.25) is 0 Å². The largest absolute Gasteiger partial charge is 0.310 e. The second-order valence-corrected chi connectivity index (χ2v) is 5.69. The zero-order valence-corrected chi connectivity index (χ0v) is 8.76. The van der Waals surface area contributed by atoms with Crippen molar-refractivity contribution in [1.82, 2.24) is 5.32 Å². The summed E-state index contributed by atoms with van der Waals surface area (Å²) in [5, 5.41) is 3.74. The van der Waals surface area contributed by atoms with Gasteiger partial charge in [0.05, 0.1) is 0 Å². The van der Waals surface area contributed by atoms with Crippen molar-refractivity contribution >= 4 is 0 Å². The second-order valence-electron chi connectivity index (χ2n) is 5.69. The molecule has 1 N–H and O–H groups in total. The Morgan fingerprint density at radius 1 is 0.714 bits per heavy atom. The van der Waals surface area contributed by atoms with Crippen LogP contribution in [0.25, 0.3) is 0 Å². The topological polar surface area (TPSA) is 12.0 Å². The van der Waals surface area contributed by atoms with Crippen LogP contribution in [0.1, 0.15) is 38.5 Å². The third kappa shape index (κ3) is 0.850. The van der Waals surface area contributed by atoms with Gasteiger partial charge in [0.25, 0.3) is 0 Å². The van der Waals surface area contributed by atoms with Crippen LogP contribution >= 0.6 is 0 Å². The highest BCUT2D eigenvalue weighted by Crippen LogP contribution is 2.53. The number of rotatable bonds is 0. The molecule has 14 heavy (non-hydrogen) atoms. The highest BCUT2D eigenvalue weighted by Gasteiger charge is 2.45. The van der Waals surface area contributed by atoms with E-state index in [1.807, 2.05) is 11.1 Å². The third-order valence-electron chi connectivity index (χ3n) is 5.17. The number of hydrogen-bond acceptors (Lipinski definition) is 1. The second kappa shape index (κ2) is 2.63.